The van der Waals surface area contributed by atoms with Crippen molar-refractivity contribution < 1.29 is 4.79 Å². The monoisotopic (exact) mass is 288 g/mol. The van der Waals surface area contributed by atoms with Gasteiger partial charge in [-0.05, 0) is 36.8 Å². The molecule has 1 atom stereocenters. The molecule has 1 aromatic rings. The van der Waals surface area contributed by atoms with Gasteiger partial charge in [0, 0.05) is 13.1 Å². The molecule has 0 spiro atoms. The maximum absolute atomic E-state index is 13.0. The lowest BCUT2D eigenvalue weighted by Gasteiger charge is -2.40. The summed E-state index contributed by atoms with van der Waals surface area (Å²) in [6.07, 6.45) is 3.26. The van der Waals surface area contributed by atoms with Gasteiger partial charge < -0.3 is 10.2 Å². The fraction of sp³-hybridized carbons (Fsp3) is 0.611. The SMILES string of the molecule is CCCN(Cc1ccccc1)C(=O)C1NCCCC1(C)C. The standard InChI is InChI=1S/C18H28N2O/c1-4-13-20(14-15-9-6-5-7-10-15)17(21)16-18(2,3)11-8-12-19-16/h5-7,9-10,16,19H,4,8,11-14H2,1-3H3. The van der Waals surface area contributed by atoms with Crippen LogP contribution in [0, 0.1) is 5.41 Å². The van der Waals surface area contributed by atoms with Crippen LogP contribution in [0.4, 0.5) is 0 Å². The predicted octanol–water partition coefficient (Wildman–Crippen LogP) is 3.20. The Hall–Kier alpha value is -1.35. The molecule has 1 heterocycles. The van der Waals surface area contributed by atoms with Crippen molar-refractivity contribution in [2.45, 2.75) is 52.6 Å². The minimum Gasteiger partial charge on any atom is -0.337 e. The van der Waals surface area contributed by atoms with Crippen molar-refractivity contribution in [3.05, 3.63) is 35.9 Å². The number of amides is 1. The van der Waals surface area contributed by atoms with Crippen LogP contribution in [0.2, 0.25) is 0 Å². The first-order valence-electron chi connectivity index (χ1n) is 8.10. The third-order valence-electron chi connectivity index (χ3n) is 4.40. The highest BCUT2D eigenvalue weighted by molar-refractivity contribution is 5.83. The molecule has 1 N–H and O–H groups in total. The van der Waals surface area contributed by atoms with Crippen molar-refractivity contribution in [3.8, 4) is 0 Å². The summed E-state index contributed by atoms with van der Waals surface area (Å²) < 4.78 is 0. The largest absolute Gasteiger partial charge is 0.337 e. The van der Waals surface area contributed by atoms with Crippen molar-refractivity contribution in [1.29, 1.82) is 0 Å². The molecule has 1 fully saturated rings. The van der Waals surface area contributed by atoms with Crippen molar-refractivity contribution in [3.63, 3.8) is 0 Å². The van der Waals surface area contributed by atoms with Gasteiger partial charge in [-0.3, -0.25) is 4.79 Å². The number of nitrogens with zero attached hydrogens (tertiary/aromatic N) is 1. The fourth-order valence-electron chi connectivity index (χ4n) is 3.16. The molecule has 1 aliphatic heterocycles. The molecule has 0 aliphatic carbocycles. The molecule has 1 aromatic carbocycles. The molecule has 0 saturated carbocycles. The van der Waals surface area contributed by atoms with Crippen LogP contribution in [0.5, 0.6) is 0 Å². The number of piperidine rings is 1. The van der Waals surface area contributed by atoms with Gasteiger partial charge in [-0.15, -0.1) is 0 Å². The van der Waals surface area contributed by atoms with Crippen LogP contribution in [0.15, 0.2) is 30.3 Å². The van der Waals surface area contributed by atoms with Crippen LogP contribution >= 0.6 is 0 Å². The van der Waals surface area contributed by atoms with E-state index >= 15 is 0 Å². The van der Waals surface area contributed by atoms with E-state index in [-0.39, 0.29) is 17.4 Å². The maximum atomic E-state index is 13.0. The lowest BCUT2D eigenvalue weighted by molar-refractivity contribution is -0.138. The number of nitrogens with one attached hydrogen (secondary N) is 1. The number of hydrogen-bond acceptors (Lipinski definition) is 2. The smallest absolute Gasteiger partial charge is 0.240 e. The Morgan fingerprint density at radius 2 is 2.05 bits per heavy atom. The van der Waals surface area contributed by atoms with Crippen LogP contribution in [0.25, 0.3) is 0 Å². The Labute approximate surface area is 128 Å². The molecule has 1 saturated heterocycles. The number of rotatable bonds is 5. The summed E-state index contributed by atoms with van der Waals surface area (Å²) in [4.78, 5) is 15.0. The number of carbonyl (C=O) groups is 1. The topological polar surface area (TPSA) is 32.3 Å². The van der Waals surface area contributed by atoms with Crippen LogP contribution in [0.1, 0.15) is 45.6 Å². The summed E-state index contributed by atoms with van der Waals surface area (Å²) in [7, 11) is 0. The first-order chi connectivity index (χ1) is 10.0. The Morgan fingerprint density at radius 3 is 2.67 bits per heavy atom. The van der Waals surface area contributed by atoms with Gasteiger partial charge in [0.05, 0.1) is 6.04 Å². The quantitative estimate of drug-likeness (QED) is 0.902. The van der Waals surface area contributed by atoms with Gasteiger partial charge in [0.2, 0.25) is 5.91 Å². The van der Waals surface area contributed by atoms with E-state index in [0.717, 1.165) is 32.4 Å². The molecular formula is C18H28N2O. The lowest BCUT2D eigenvalue weighted by atomic mass is 9.77. The molecule has 21 heavy (non-hydrogen) atoms. The second-order valence-electron chi connectivity index (χ2n) is 6.72. The molecular weight excluding hydrogens is 260 g/mol. The molecule has 1 aliphatic rings. The van der Waals surface area contributed by atoms with Crippen LogP contribution in [0.3, 0.4) is 0 Å². The van der Waals surface area contributed by atoms with Gasteiger partial charge in [0.25, 0.3) is 0 Å². The van der Waals surface area contributed by atoms with Crippen molar-refractivity contribution in [2.75, 3.05) is 13.1 Å². The average molecular weight is 288 g/mol. The minimum atomic E-state index is -0.0542. The van der Waals surface area contributed by atoms with Gasteiger partial charge >= 0.3 is 0 Å². The number of benzene rings is 1. The van der Waals surface area contributed by atoms with Crippen LogP contribution in [-0.4, -0.2) is 29.9 Å². The van der Waals surface area contributed by atoms with Gasteiger partial charge in [0.1, 0.15) is 0 Å². The normalized spacial score (nSPS) is 21.0. The summed E-state index contributed by atoms with van der Waals surface area (Å²) in [6.45, 7) is 9.02. The van der Waals surface area contributed by atoms with Crippen molar-refractivity contribution in [1.82, 2.24) is 10.2 Å². The zero-order valence-electron chi connectivity index (χ0n) is 13.6. The molecule has 0 bridgehead atoms. The van der Waals surface area contributed by atoms with Gasteiger partial charge in [-0.25, -0.2) is 0 Å². The summed E-state index contributed by atoms with van der Waals surface area (Å²) >= 11 is 0. The molecule has 3 nitrogen and oxygen atoms in total. The van der Waals surface area contributed by atoms with E-state index in [9.17, 15) is 4.79 Å². The summed E-state index contributed by atoms with van der Waals surface area (Å²) in [6, 6.07) is 10.2. The molecule has 1 unspecified atom stereocenters. The molecule has 1 amide bonds. The molecule has 0 aromatic heterocycles. The highest BCUT2D eigenvalue weighted by Gasteiger charge is 2.38. The zero-order valence-corrected chi connectivity index (χ0v) is 13.6. The minimum absolute atomic E-state index is 0.0397. The average Bonchev–Trinajstić information content (AvgIpc) is 2.47. The Kier molecular flexibility index (Phi) is 5.40. The highest BCUT2D eigenvalue weighted by Crippen LogP contribution is 2.31. The number of carbonyl (C=O) groups excluding carboxylic acids is 1. The first-order valence-corrected chi connectivity index (χ1v) is 8.10. The highest BCUT2D eigenvalue weighted by atomic mass is 16.2. The second kappa shape index (κ2) is 7.08. The maximum Gasteiger partial charge on any atom is 0.240 e. The van der Waals surface area contributed by atoms with Crippen molar-refractivity contribution in [2.24, 2.45) is 5.41 Å². The zero-order chi connectivity index (χ0) is 15.3. The third kappa shape index (κ3) is 4.07. The van der Waals surface area contributed by atoms with Gasteiger partial charge in [-0.2, -0.15) is 0 Å². The van der Waals surface area contributed by atoms with E-state index in [4.69, 9.17) is 0 Å². The Bertz CT molecular complexity index is 456. The van der Waals surface area contributed by atoms with Crippen LogP contribution in [-0.2, 0) is 11.3 Å². The molecule has 3 heteroatoms. The van der Waals surface area contributed by atoms with Crippen LogP contribution < -0.4 is 5.32 Å². The Balaban J connectivity index is 2.11. The van der Waals surface area contributed by atoms with E-state index in [1.807, 2.05) is 23.1 Å². The second-order valence-corrected chi connectivity index (χ2v) is 6.72. The first kappa shape index (κ1) is 16.0. The predicted molar refractivity (Wildman–Crippen MR) is 87.0 cm³/mol. The molecule has 0 radical (unpaired) electrons. The van der Waals surface area contributed by atoms with E-state index < -0.39 is 0 Å². The summed E-state index contributed by atoms with van der Waals surface area (Å²) in [5.41, 5.74) is 1.24. The molecule has 2 rings (SSSR count). The van der Waals surface area contributed by atoms with Gasteiger partial charge in [0.15, 0.2) is 0 Å². The summed E-state index contributed by atoms with van der Waals surface area (Å²) in [5.74, 6) is 0.255. The van der Waals surface area contributed by atoms with E-state index in [1.54, 1.807) is 0 Å². The lowest BCUT2D eigenvalue weighted by Crippen LogP contribution is -2.56. The van der Waals surface area contributed by atoms with Gasteiger partial charge in [-0.1, -0.05) is 51.1 Å². The number of hydrogen-bond donors (Lipinski definition) is 1. The van der Waals surface area contributed by atoms with E-state index in [2.05, 4.69) is 38.2 Å². The van der Waals surface area contributed by atoms with Crippen molar-refractivity contribution >= 4 is 5.91 Å². The third-order valence-corrected chi connectivity index (χ3v) is 4.40. The van der Waals surface area contributed by atoms with E-state index in [1.165, 1.54) is 5.56 Å². The Morgan fingerprint density at radius 1 is 1.33 bits per heavy atom. The molecule has 116 valence electrons. The fourth-order valence-corrected chi connectivity index (χ4v) is 3.16. The van der Waals surface area contributed by atoms with E-state index in [0.29, 0.717) is 6.54 Å². The summed E-state index contributed by atoms with van der Waals surface area (Å²) in [5, 5.41) is 3.44.